The van der Waals surface area contributed by atoms with Crippen LogP contribution in [0.5, 0.6) is 5.75 Å². The van der Waals surface area contributed by atoms with E-state index in [-0.39, 0.29) is 6.54 Å². The topological polar surface area (TPSA) is 72.5 Å². The van der Waals surface area contributed by atoms with Crippen LogP contribution in [-0.4, -0.2) is 24.2 Å². The minimum Gasteiger partial charge on any atom is -0.493 e. The summed E-state index contributed by atoms with van der Waals surface area (Å²) in [6, 6.07) is 6.15. The molecule has 1 aromatic carbocycles. The molecule has 0 spiro atoms. The van der Waals surface area contributed by atoms with Gasteiger partial charge in [0.2, 0.25) is 0 Å². The number of nitrogens with two attached hydrogens (primary N) is 1. The number of fused-ring (bicyclic) bond motifs is 1. The highest BCUT2D eigenvalue weighted by atomic mass is 16.5. The predicted octanol–water partition coefficient (Wildman–Crippen LogP) is 2.38. The summed E-state index contributed by atoms with van der Waals surface area (Å²) in [5.74, 6) is 0.192. The van der Waals surface area contributed by atoms with Gasteiger partial charge in [0.1, 0.15) is 5.75 Å². The third kappa shape index (κ3) is 2.96. The van der Waals surface area contributed by atoms with Crippen LogP contribution in [0.3, 0.4) is 0 Å². The zero-order valence-electron chi connectivity index (χ0n) is 12.0. The molecule has 0 bridgehead atoms. The Morgan fingerprint density at radius 2 is 2.25 bits per heavy atom. The highest BCUT2D eigenvalue weighted by Gasteiger charge is 2.35. The predicted molar refractivity (Wildman–Crippen MR) is 78.0 cm³/mol. The molecule has 0 aliphatic carbocycles. The summed E-state index contributed by atoms with van der Waals surface area (Å²) < 4.78 is 5.48. The molecule has 3 N–H and O–H groups in total. The number of carboxylic acids is 1. The lowest BCUT2D eigenvalue weighted by atomic mass is 9.78. The first kappa shape index (κ1) is 14.9. The number of rotatable bonds is 7. The molecule has 0 amide bonds. The fraction of sp³-hybridized carbons (Fsp3) is 0.562. The highest BCUT2D eigenvalue weighted by Crippen LogP contribution is 2.31. The van der Waals surface area contributed by atoms with Crippen LogP contribution in [0.25, 0.3) is 0 Å². The van der Waals surface area contributed by atoms with Crippen LogP contribution < -0.4 is 10.5 Å². The average molecular weight is 277 g/mol. The van der Waals surface area contributed by atoms with Gasteiger partial charge in [0.05, 0.1) is 12.0 Å². The number of carbonyl (C=O) groups is 1. The molecule has 0 radical (unpaired) electrons. The molecule has 0 saturated heterocycles. The van der Waals surface area contributed by atoms with Gasteiger partial charge in [0.15, 0.2) is 0 Å². The molecule has 1 aromatic rings. The summed E-state index contributed by atoms with van der Waals surface area (Å²) in [5.41, 5.74) is 7.36. The van der Waals surface area contributed by atoms with Gasteiger partial charge in [-0.15, -0.1) is 0 Å². The molecule has 20 heavy (non-hydrogen) atoms. The SMILES string of the molecule is CCCC(CN)(CCc1ccc2c(c1)CCO2)C(=O)O. The summed E-state index contributed by atoms with van der Waals surface area (Å²) in [5, 5.41) is 9.49. The van der Waals surface area contributed by atoms with Crippen molar-refractivity contribution in [1.82, 2.24) is 0 Å². The Morgan fingerprint density at radius 3 is 2.90 bits per heavy atom. The van der Waals surface area contributed by atoms with Crippen molar-refractivity contribution in [3.05, 3.63) is 29.3 Å². The number of aliphatic carboxylic acids is 1. The van der Waals surface area contributed by atoms with E-state index in [1.165, 1.54) is 11.1 Å². The van der Waals surface area contributed by atoms with Gasteiger partial charge in [0.25, 0.3) is 0 Å². The maximum Gasteiger partial charge on any atom is 0.310 e. The van der Waals surface area contributed by atoms with Gasteiger partial charge in [-0.3, -0.25) is 4.79 Å². The van der Waals surface area contributed by atoms with Gasteiger partial charge < -0.3 is 15.6 Å². The summed E-state index contributed by atoms with van der Waals surface area (Å²) in [4.78, 5) is 11.6. The Labute approximate surface area is 119 Å². The number of carboxylic acid groups (broad SMARTS) is 1. The third-order valence-electron chi connectivity index (χ3n) is 4.22. The standard InChI is InChI=1S/C16H23NO3/c1-2-7-16(11-17,15(18)19)8-5-12-3-4-14-13(10-12)6-9-20-14/h3-4,10H,2,5-9,11,17H2,1H3,(H,18,19). The van der Waals surface area contributed by atoms with Crippen molar-refractivity contribution in [3.63, 3.8) is 0 Å². The minimum atomic E-state index is -0.787. The van der Waals surface area contributed by atoms with Gasteiger partial charge in [0, 0.05) is 13.0 Å². The normalized spacial score (nSPS) is 16.3. The van der Waals surface area contributed by atoms with E-state index < -0.39 is 11.4 Å². The van der Waals surface area contributed by atoms with E-state index in [4.69, 9.17) is 10.5 Å². The quantitative estimate of drug-likeness (QED) is 0.802. The first-order chi connectivity index (χ1) is 9.61. The van der Waals surface area contributed by atoms with Crippen molar-refractivity contribution in [2.24, 2.45) is 11.1 Å². The first-order valence-corrected chi connectivity index (χ1v) is 7.29. The maximum atomic E-state index is 11.6. The highest BCUT2D eigenvalue weighted by molar-refractivity contribution is 5.75. The van der Waals surface area contributed by atoms with E-state index in [1.54, 1.807) is 0 Å². The zero-order valence-corrected chi connectivity index (χ0v) is 12.0. The van der Waals surface area contributed by atoms with Crippen molar-refractivity contribution in [2.75, 3.05) is 13.2 Å². The second-order valence-corrected chi connectivity index (χ2v) is 5.58. The molecule has 110 valence electrons. The molecule has 1 aliphatic heterocycles. The number of hydrogen-bond donors (Lipinski definition) is 2. The molecule has 4 heteroatoms. The lowest BCUT2D eigenvalue weighted by Gasteiger charge is -2.27. The Hall–Kier alpha value is -1.55. The Kier molecular flexibility index (Phi) is 4.65. The van der Waals surface area contributed by atoms with Crippen LogP contribution in [0.1, 0.15) is 37.3 Å². The van der Waals surface area contributed by atoms with Crippen LogP contribution in [-0.2, 0) is 17.6 Å². The van der Waals surface area contributed by atoms with Crippen LogP contribution in [0.15, 0.2) is 18.2 Å². The molecule has 1 heterocycles. The van der Waals surface area contributed by atoms with Gasteiger partial charge >= 0.3 is 5.97 Å². The molecule has 0 aromatic heterocycles. The lowest BCUT2D eigenvalue weighted by molar-refractivity contribution is -0.149. The summed E-state index contributed by atoms with van der Waals surface area (Å²) >= 11 is 0. The number of ether oxygens (including phenoxy) is 1. The number of aryl methyl sites for hydroxylation is 1. The Bertz CT molecular complexity index is 487. The summed E-state index contributed by atoms with van der Waals surface area (Å²) in [6.07, 6.45) is 3.75. The van der Waals surface area contributed by atoms with E-state index in [1.807, 2.05) is 19.1 Å². The first-order valence-electron chi connectivity index (χ1n) is 7.29. The van der Waals surface area contributed by atoms with Crippen LogP contribution in [0.2, 0.25) is 0 Å². The van der Waals surface area contributed by atoms with Crippen molar-refractivity contribution < 1.29 is 14.6 Å². The fourth-order valence-electron chi connectivity index (χ4n) is 2.89. The molecule has 0 saturated carbocycles. The molecule has 4 nitrogen and oxygen atoms in total. The van der Waals surface area contributed by atoms with Crippen molar-refractivity contribution in [3.8, 4) is 5.75 Å². The Morgan fingerprint density at radius 1 is 1.45 bits per heavy atom. The summed E-state index contributed by atoms with van der Waals surface area (Å²) in [6.45, 7) is 2.95. The second kappa shape index (κ2) is 6.27. The smallest absolute Gasteiger partial charge is 0.310 e. The van der Waals surface area contributed by atoms with E-state index in [0.717, 1.165) is 31.6 Å². The molecule has 1 aliphatic rings. The van der Waals surface area contributed by atoms with Crippen molar-refractivity contribution >= 4 is 5.97 Å². The van der Waals surface area contributed by atoms with Gasteiger partial charge in [-0.2, -0.15) is 0 Å². The Balaban J connectivity index is 2.07. The van der Waals surface area contributed by atoms with Gasteiger partial charge in [-0.25, -0.2) is 0 Å². The molecular weight excluding hydrogens is 254 g/mol. The third-order valence-corrected chi connectivity index (χ3v) is 4.22. The van der Waals surface area contributed by atoms with Crippen molar-refractivity contribution in [2.45, 2.75) is 39.0 Å². The van der Waals surface area contributed by atoms with E-state index in [2.05, 4.69) is 6.07 Å². The van der Waals surface area contributed by atoms with Crippen LogP contribution in [0, 0.1) is 5.41 Å². The second-order valence-electron chi connectivity index (χ2n) is 5.58. The molecule has 1 atom stereocenters. The molecule has 2 rings (SSSR count). The monoisotopic (exact) mass is 277 g/mol. The minimum absolute atomic E-state index is 0.199. The summed E-state index contributed by atoms with van der Waals surface area (Å²) in [7, 11) is 0. The largest absolute Gasteiger partial charge is 0.493 e. The lowest BCUT2D eigenvalue weighted by Crippen LogP contribution is -2.39. The average Bonchev–Trinajstić information content (AvgIpc) is 2.90. The maximum absolute atomic E-state index is 11.6. The van der Waals surface area contributed by atoms with Crippen LogP contribution >= 0.6 is 0 Å². The zero-order chi connectivity index (χ0) is 14.6. The number of hydrogen-bond acceptors (Lipinski definition) is 3. The van der Waals surface area contributed by atoms with E-state index in [0.29, 0.717) is 12.8 Å². The van der Waals surface area contributed by atoms with Gasteiger partial charge in [-0.1, -0.05) is 25.5 Å². The van der Waals surface area contributed by atoms with Gasteiger partial charge in [-0.05, 0) is 36.5 Å². The number of benzene rings is 1. The molecule has 1 unspecified atom stereocenters. The van der Waals surface area contributed by atoms with E-state index >= 15 is 0 Å². The van der Waals surface area contributed by atoms with Crippen molar-refractivity contribution in [1.29, 1.82) is 0 Å². The molecular formula is C16H23NO3. The van der Waals surface area contributed by atoms with Crippen LogP contribution in [0.4, 0.5) is 0 Å². The van der Waals surface area contributed by atoms with E-state index in [9.17, 15) is 9.90 Å². The fourth-order valence-corrected chi connectivity index (χ4v) is 2.89. The molecule has 0 fully saturated rings.